The predicted octanol–water partition coefficient (Wildman–Crippen LogP) is 20.7. The molecule has 7 heteroatoms. The van der Waals surface area contributed by atoms with E-state index in [1.807, 2.05) is 24.3 Å². The van der Waals surface area contributed by atoms with Crippen molar-refractivity contribution < 1.29 is 19.2 Å². The Bertz CT molecular complexity index is 5010. The maximum absolute atomic E-state index is 14.6. The Morgan fingerprint density at radius 2 is 0.688 bits per heavy atom. The maximum Gasteiger partial charge on any atom is 0.265 e. The van der Waals surface area contributed by atoms with Crippen molar-refractivity contribution in [1.82, 2.24) is 0 Å². The van der Waals surface area contributed by atoms with Gasteiger partial charge in [0.15, 0.2) is 0 Å². The lowest BCUT2D eigenvalue weighted by atomic mass is 9.78. The Labute approximate surface area is 543 Å². The highest BCUT2D eigenvalue weighted by molar-refractivity contribution is 6.42. The van der Waals surface area contributed by atoms with Crippen LogP contribution in [0, 0.1) is 13.8 Å². The molecule has 0 radical (unpaired) electrons. The van der Waals surface area contributed by atoms with Gasteiger partial charge in [0.25, 0.3) is 23.6 Å². The first-order valence-corrected chi connectivity index (χ1v) is 32.8. The number of fused-ring (bicyclic) bond motifs is 2. The van der Waals surface area contributed by atoms with Gasteiger partial charge in [-0.1, -0.05) is 211 Å². The summed E-state index contributed by atoms with van der Waals surface area (Å²) in [4.78, 5) is 63.4. The summed E-state index contributed by atoms with van der Waals surface area (Å²) in [6.45, 7) is 19.6. The molecule has 12 aromatic carbocycles. The number of carbonyl (C=O) groups excluding carboxylic acids is 4. The van der Waals surface area contributed by atoms with E-state index in [4.69, 9.17) is 0 Å². The van der Waals surface area contributed by atoms with Gasteiger partial charge in [0.1, 0.15) is 0 Å². The lowest BCUT2D eigenvalue weighted by molar-refractivity contribution is 0.0872. The summed E-state index contributed by atoms with van der Waals surface area (Å²) in [5, 5.41) is 5.88. The minimum absolute atomic E-state index is 0.235. The van der Waals surface area contributed by atoms with Crippen LogP contribution in [0.1, 0.15) is 129 Å². The Morgan fingerprint density at radius 3 is 1.05 bits per heavy atom. The molecule has 4 aliphatic rings. The van der Waals surface area contributed by atoms with E-state index in [0.29, 0.717) is 22.1 Å². The quantitative estimate of drug-likeness (QED) is 0.112. The summed E-state index contributed by atoms with van der Waals surface area (Å²) < 4.78 is 0. The Balaban J connectivity index is 0.611. The molecule has 4 aliphatic heterocycles. The second kappa shape index (κ2) is 21.6. The van der Waals surface area contributed by atoms with E-state index in [0.717, 1.165) is 57.3 Å². The third-order valence-electron chi connectivity index (χ3n) is 20.5. The molecular weight excluding hydrogens is 1140 g/mol. The fraction of sp³-hybridized carbons (Fsp3) is 0.186. The number of amides is 4. The molecule has 7 nitrogen and oxygen atoms in total. The zero-order valence-electron chi connectivity index (χ0n) is 53.9. The minimum Gasteiger partial charge on any atom is -0.371 e. The van der Waals surface area contributed by atoms with E-state index in [1.165, 1.54) is 102 Å². The first-order chi connectivity index (χ1) is 44.9. The summed E-state index contributed by atoms with van der Waals surface area (Å²) in [5.74, 6) is -2.00. The molecule has 0 N–H and O–H groups in total. The van der Waals surface area contributed by atoms with Crippen molar-refractivity contribution in [3.63, 3.8) is 0 Å². The van der Waals surface area contributed by atoms with E-state index in [1.54, 1.807) is 53.2 Å². The number of nitrogens with zero attached hydrogens (tertiary/aromatic N) is 3. The smallest absolute Gasteiger partial charge is 0.265 e. The van der Waals surface area contributed by atoms with Crippen molar-refractivity contribution in [1.29, 1.82) is 0 Å². The lowest BCUT2D eigenvalue weighted by Crippen LogP contribution is -2.44. The van der Waals surface area contributed by atoms with Gasteiger partial charge in [0.2, 0.25) is 0 Å². The molecule has 0 bridgehead atoms. The standard InChI is InChI=1S/C86H71N3O4/c1-50-63-19-13-47-87-48-14-20-64(80(63)87)51(2)75(50)77-67-17-11-9-15-65(67)76(66-16-10-12-18-68(66)77)60-35-33-58(34-36-60)56-27-25-54(26-28-56)52-21-23-53(24-22-52)55-29-31-57(32-30-55)59-37-40-62(41-38-59)88-81(90)69-42-44-71-79-72(45-43-70(78(69)79)82(88)91)84(93)89(83(71)92)74-49-61(85(3,4)5)39-46-73(74)86(6,7)8/h9-12,15-18,21-46,49H,13-14,19-20,47-48H2,1-8H3. The average Bonchev–Trinajstić information content (AvgIpc) is 0.714. The molecule has 0 fully saturated rings. The number of anilines is 3. The van der Waals surface area contributed by atoms with E-state index < -0.39 is 23.6 Å². The molecule has 0 unspecified atom stereocenters. The Kier molecular flexibility index (Phi) is 13.4. The van der Waals surface area contributed by atoms with Crippen LogP contribution >= 0.6 is 0 Å². The molecule has 0 spiro atoms. The second-order valence-electron chi connectivity index (χ2n) is 28.0. The normalized spacial score (nSPS) is 14.6. The van der Waals surface area contributed by atoms with Crippen LogP contribution < -0.4 is 14.7 Å². The second-order valence-corrected chi connectivity index (χ2v) is 28.0. The first-order valence-electron chi connectivity index (χ1n) is 32.8. The van der Waals surface area contributed by atoms with Crippen molar-refractivity contribution in [2.24, 2.45) is 0 Å². The van der Waals surface area contributed by atoms with Crippen molar-refractivity contribution in [3.8, 4) is 66.8 Å². The van der Waals surface area contributed by atoms with Crippen LogP contribution in [-0.2, 0) is 23.7 Å². The molecule has 0 aliphatic carbocycles. The van der Waals surface area contributed by atoms with Crippen LogP contribution in [0.25, 0.3) is 99.1 Å². The molecule has 0 aromatic heterocycles. The summed E-state index contributed by atoms with van der Waals surface area (Å²) in [5.41, 5.74) is 24.9. The molecular formula is C86H71N3O4. The molecule has 93 heavy (non-hydrogen) atoms. The van der Waals surface area contributed by atoms with Gasteiger partial charge in [-0.25, -0.2) is 9.80 Å². The van der Waals surface area contributed by atoms with Crippen LogP contribution in [0.2, 0.25) is 0 Å². The molecule has 0 saturated heterocycles. The largest absolute Gasteiger partial charge is 0.371 e. The molecule has 454 valence electrons. The van der Waals surface area contributed by atoms with Crippen LogP contribution in [0.3, 0.4) is 0 Å². The van der Waals surface area contributed by atoms with Gasteiger partial charge in [0.05, 0.1) is 11.4 Å². The van der Waals surface area contributed by atoms with Crippen LogP contribution in [-0.4, -0.2) is 36.7 Å². The lowest BCUT2D eigenvalue weighted by Gasteiger charge is -2.39. The molecule has 4 amide bonds. The molecule has 4 heterocycles. The summed E-state index contributed by atoms with van der Waals surface area (Å²) in [7, 11) is 0. The van der Waals surface area contributed by atoms with Crippen molar-refractivity contribution in [3.05, 3.63) is 268 Å². The number of rotatable bonds is 8. The van der Waals surface area contributed by atoms with Gasteiger partial charge < -0.3 is 4.90 Å². The molecule has 0 atom stereocenters. The highest BCUT2D eigenvalue weighted by Gasteiger charge is 2.42. The first kappa shape index (κ1) is 57.6. The summed E-state index contributed by atoms with van der Waals surface area (Å²) in [6.07, 6.45) is 4.75. The maximum atomic E-state index is 14.6. The van der Waals surface area contributed by atoms with Crippen molar-refractivity contribution >= 4 is 73.0 Å². The third kappa shape index (κ3) is 9.21. The van der Waals surface area contributed by atoms with Gasteiger partial charge in [-0.05, 0) is 215 Å². The zero-order chi connectivity index (χ0) is 63.9. The van der Waals surface area contributed by atoms with Crippen LogP contribution in [0.15, 0.2) is 212 Å². The van der Waals surface area contributed by atoms with E-state index in [9.17, 15) is 19.2 Å². The van der Waals surface area contributed by atoms with Gasteiger partial charge in [-0.2, -0.15) is 0 Å². The predicted molar refractivity (Wildman–Crippen MR) is 382 cm³/mol. The number of hydrogen-bond donors (Lipinski definition) is 0. The van der Waals surface area contributed by atoms with Crippen molar-refractivity contribution in [2.45, 2.75) is 91.9 Å². The van der Waals surface area contributed by atoms with Crippen LogP contribution in [0.4, 0.5) is 17.1 Å². The summed E-state index contributed by atoms with van der Waals surface area (Å²) in [6, 6.07) is 73.3. The van der Waals surface area contributed by atoms with Gasteiger partial charge in [-0.3, -0.25) is 19.2 Å². The third-order valence-corrected chi connectivity index (χ3v) is 20.5. The van der Waals surface area contributed by atoms with E-state index >= 15 is 0 Å². The number of benzene rings is 12. The Morgan fingerprint density at radius 1 is 0.344 bits per heavy atom. The number of hydrogen-bond acceptors (Lipinski definition) is 5. The van der Waals surface area contributed by atoms with Gasteiger partial charge in [-0.15, -0.1) is 0 Å². The fourth-order valence-corrected chi connectivity index (χ4v) is 15.8. The fourth-order valence-electron chi connectivity index (χ4n) is 15.8. The number of imide groups is 2. The summed E-state index contributed by atoms with van der Waals surface area (Å²) >= 11 is 0. The molecule has 0 saturated carbocycles. The van der Waals surface area contributed by atoms with Crippen molar-refractivity contribution in [2.75, 3.05) is 27.8 Å². The molecule has 16 rings (SSSR count). The zero-order valence-corrected chi connectivity index (χ0v) is 53.9. The van der Waals surface area contributed by atoms with E-state index in [2.05, 4.69) is 212 Å². The highest BCUT2D eigenvalue weighted by atomic mass is 16.2. The topological polar surface area (TPSA) is 78.0 Å². The SMILES string of the molecule is Cc1c2c3c(c(C)c1-c1c4ccccc4c(-c4ccc(-c5ccc(-c6ccc(-c7ccc(-c8ccc(N9C(=O)c%10ccc%11c%12c(ccc(c%10%12)C9=O)C(=O)N(c9cc(C(C)(C)C)ccc9C(C)(C)C)C%11=O)cc8)cc7)cc6)cc5)cc4)c4ccccc14)CCCN3CCC2. The van der Waals surface area contributed by atoms with E-state index in [-0.39, 0.29) is 33.1 Å². The monoisotopic (exact) mass is 1210 g/mol. The van der Waals surface area contributed by atoms with Gasteiger partial charge >= 0.3 is 0 Å². The minimum atomic E-state index is -0.514. The average molecular weight is 1210 g/mol. The van der Waals surface area contributed by atoms with Crippen LogP contribution in [0.5, 0.6) is 0 Å². The molecule has 12 aromatic rings. The Hall–Kier alpha value is -10.5. The van der Waals surface area contributed by atoms with Gasteiger partial charge in [0, 0.05) is 51.8 Å². The highest BCUT2D eigenvalue weighted by Crippen LogP contribution is 2.51. The number of carbonyl (C=O) groups is 4.